The van der Waals surface area contributed by atoms with E-state index in [1.165, 1.54) is 0 Å². The molecule has 2 rings (SSSR count). The maximum Gasteiger partial charge on any atom is 0.192 e. The highest BCUT2D eigenvalue weighted by atomic mass is 28.4. The van der Waals surface area contributed by atoms with E-state index >= 15 is 0 Å². The molecule has 3 atom stereocenters. The highest BCUT2D eigenvalue weighted by molar-refractivity contribution is 6.74. The summed E-state index contributed by atoms with van der Waals surface area (Å²) in [5.41, 5.74) is -1.08. The van der Waals surface area contributed by atoms with E-state index in [-0.39, 0.29) is 22.2 Å². The monoisotopic (exact) mass is 298 g/mol. The summed E-state index contributed by atoms with van der Waals surface area (Å²) < 4.78 is 12.5. The van der Waals surface area contributed by atoms with Gasteiger partial charge in [-0.1, -0.05) is 34.6 Å². The first-order chi connectivity index (χ1) is 8.80. The lowest BCUT2D eigenvalue weighted by Gasteiger charge is -2.45. The van der Waals surface area contributed by atoms with E-state index in [0.29, 0.717) is 0 Å². The highest BCUT2D eigenvalue weighted by Gasteiger charge is 2.76. The van der Waals surface area contributed by atoms with Gasteiger partial charge in [-0.05, 0) is 31.5 Å². The average Bonchev–Trinajstić information content (AvgIpc) is 2.82. The minimum absolute atomic E-state index is 0.158. The molecule has 4 heteroatoms. The maximum absolute atomic E-state index is 11.5. The van der Waals surface area contributed by atoms with Crippen LogP contribution in [0, 0.1) is 5.41 Å². The lowest BCUT2D eigenvalue weighted by atomic mass is 9.64. The smallest absolute Gasteiger partial charge is 0.192 e. The SMILES string of the molecule is CC1(C)C[C@@H](O[Si](C)(C)C(C)(C)C)C[C@]2(C)O[C@]12C=O. The topological polar surface area (TPSA) is 38.8 Å². The number of carbonyl (C=O) groups is 1. The summed E-state index contributed by atoms with van der Waals surface area (Å²) in [4.78, 5) is 11.5. The van der Waals surface area contributed by atoms with Crippen molar-refractivity contribution in [3.05, 3.63) is 0 Å². The largest absolute Gasteiger partial charge is 0.414 e. The molecule has 1 aliphatic heterocycles. The summed E-state index contributed by atoms with van der Waals surface area (Å²) in [7, 11) is -1.78. The van der Waals surface area contributed by atoms with E-state index in [9.17, 15) is 4.79 Å². The molecule has 1 saturated carbocycles. The van der Waals surface area contributed by atoms with Crippen LogP contribution in [0.5, 0.6) is 0 Å². The molecule has 20 heavy (non-hydrogen) atoms. The molecule has 0 radical (unpaired) electrons. The molecule has 0 aromatic carbocycles. The highest BCUT2D eigenvalue weighted by Crippen LogP contribution is 2.64. The molecule has 0 aromatic rings. The number of carbonyl (C=O) groups excluding carboxylic acids is 1. The Hall–Kier alpha value is -0.193. The first-order valence-electron chi connectivity index (χ1n) is 7.65. The van der Waals surface area contributed by atoms with Crippen molar-refractivity contribution in [3.63, 3.8) is 0 Å². The number of aldehydes is 1. The van der Waals surface area contributed by atoms with Gasteiger partial charge >= 0.3 is 0 Å². The molecule has 0 unspecified atom stereocenters. The first kappa shape index (κ1) is 16.2. The van der Waals surface area contributed by atoms with Gasteiger partial charge in [-0.15, -0.1) is 0 Å². The van der Waals surface area contributed by atoms with Crippen molar-refractivity contribution in [2.45, 2.75) is 89.8 Å². The summed E-state index contributed by atoms with van der Waals surface area (Å²) >= 11 is 0. The molecule has 2 fully saturated rings. The number of hydrogen-bond donors (Lipinski definition) is 0. The van der Waals surface area contributed by atoms with Gasteiger partial charge in [0, 0.05) is 17.9 Å². The molecule has 1 heterocycles. The van der Waals surface area contributed by atoms with Gasteiger partial charge in [-0.25, -0.2) is 0 Å². The van der Waals surface area contributed by atoms with E-state index in [2.05, 4.69) is 54.6 Å². The van der Waals surface area contributed by atoms with Crippen molar-refractivity contribution >= 4 is 14.6 Å². The zero-order chi connectivity index (χ0) is 15.6. The molecule has 0 bridgehead atoms. The van der Waals surface area contributed by atoms with Crippen molar-refractivity contribution in [1.29, 1.82) is 0 Å². The Labute approximate surface area is 124 Å². The Bertz CT molecular complexity index is 424. The molecule has 1 saturated heterocycles. The van der Waals surface area contributed by atoms with Gasteiger partial charge in [0.25, 0.3) is 0 Å². The molecule has 0 aromatic heterocycles. The van der Waals surface area contributed by atoms with Crippen molar-refractivity contribution in [3.8, 4) is 0 Å². The van der Waals surface area contributed by atoms with Crippen molar-refractivity contribution in [2.75, 3.05) is 0 Å². The van der Waals surface area contributed by atoms with Crippen LogP contribution < -0.4 is 0 Å². The van der Waals surface area contributed by atoms with Gasteiger partial charge in [-0.3, -0.25) is 4.79 Å². The quantitative estimate of drug-likeness (QED) is 0.450. The Morgan fingerprint density at radius 3 is 2.15 bits per heavy atom. The van der Waals surface area contributed by atoms with Crippen LogP contribution in [0.4, 0.5) is 0 Å². The van der Waals surface area contributed by atoms with Crippen LogP contribution in [0.2, 0.25) is 18.1 Å². The van der Waals surface area contributed by atoms with Crippen molar-refractivity contribution in [2.24, 2.45) is 5.41 Å². The molecular formula is C16H30O3Si. The van der Waals surface area contributed by atoms with Crippen LogP contribution in [-0.4, -0.2) is 31.9 Å². The molecule has 3 nitrogen and oxygen atoms in total. The van der Waals surface area contributed by atoms with Gasteiger partial charge in [0.2, 0.25) is 0 Å². The Morgan fingerprint density at radius 1 is 1.20 bits per heavy atom. The molecule has 1 aliphatic carbocycles. The summed E-state index contributed by atoms with van der Waals surface area (Å²) in [5.74, 6) is 0. The second kappa shape index (κ2) is 4.17. The Balaban J connectivity index is 2.17. The predicted molar refractivity (Wildman–Crippen MR) is 83.4 cm³/mol. The lowest BCUT2D eigenvalue weighted by molar-refractivity contribution is -0.117. The maximum atomic E-state index is 11.5. The summed E-state index contributed by atoms with van der Waals surface area (Å²) in [5, 5.41) is 0.210. The molecular weight excluding hydrogens is 268 g/mol. The molecule has 116 valence electrons. The molecule has 0 spiro atoms. The average molecular weight is 298 g/mol. The number of rotatable bonds is 3. The standard InChI is InChI=1S/C16H30O3Si/c1-13(2,3)20(7,8)18-12-9-14(4,5)16(11-17)15(6,10-12)19-16/h11-12H,9-10H2,1-8H3/t12-,15+,16-/m1/s1. The Morgan fingerprint density at radius 2 is 1.75 bits per heavy atom. The lowest BCUT2D eigenvalue weighted by Crippen LogP contribution is -2.52. The third-order valence-electron chi connectivity index (χ3n) is 5.92. The summed E-state index contributed by atoms with van der Waals surface area (Å²) in [6.07, 6.45) is 2.96. The first-order valence-corrected chi connectivity index (χ1v) is 10.6. The molecule has 0 N–H and O–H groups in total. The van der Waals surface area contributed by atoms with Crippen molar-refractivity contribution in [1.82, 2.24) is 0 Å². The van der Waals surface area contributed by atoms with Gasteiger partial charge in [-0.2, -0.15) is 0 Å². The van der Waals surface area contributed by atoms with Crippen LogP contribution >= 0.6 is 0 Å². The van der Waals surface area contributed by atoms with Crippen LogP contribution in [0.3, 0.4) is 0 Å². The van der Waals surface area contributed by atoms with Crippen LogP contribution in [0.1, 0.15) is 54.4 Å². The van der Waals surface area contributed by atoms with Gasteiger partial charge < -0.3 is 9.16 Å². The normalized spacial score (nSPS) is 40.1. The van der Waals surface area contributed by atoms with Gasteiger partial charge in [0.1, 0.15) is 5.60 Å². The number of ether oxygens (including phenoxy) is 1. The fourth-order valence-corrected chi connectivity index (χ4v) is 4.94. The summed E-state index contributed by atoms with van der Waals surface area (Å²) in [6.45, 7) is 17.7. The van der Waals surface area contributed by atoms with Crippen LogP contribution in [0.15, 0.2) is 0 Å². The summed E-state index contributed by atoms with van der Waals surface area (Å²) in [6, 6.07) is 0. The van der Waals surface area contributed by atoms with E-state index in [1.807, 2.05) is 0 Å². The number of hydrogen-bond acceptors (Lipinski definition) is 3. The van der Waals surface area contributed by atoms with Gasteiger partial charge in [0.05, 0.1) is 0 Å². The van der Waals surface area contributed by atoms with Crippen LogP contribution in [-0.2, 0) is 14.0 Å². The van der Waals surface area contributed by atoms with Crippen molar-refractivity contribution < 1.29 is 14.0 Å². The van der Waals surface area contributed by atoms with Gasteiger partial charge in [0.15, 0.2) is 20.2 Å². The van der Waals surface area contributed by atoms with E-state index < -0.39 is 13.9 Å². The third-order valence-corrected chi connectivity index (χ3v) is 10.5. The van der Waals surface area contributed by atoms with E-state index in [0.717, 1.165) is 19.1 Å². The second-order valence-electron chi connectivity index (χ2n) is 8.98. The number of epoxide rings is 1. The Kier molecular flexibility index (Phi) is 3.38. The zero-order valence-corrected chi connectivity index (χ0v) is 15.3. The molecule has 0 amide bonds. The zero-order valence-electron chi connectivity index (χ0n) is 14.3. The van der Waals surface area contributed by atoms with E-state index in [4.69, 9.17) is 9.16 Å². The third kappa shape index (κ3) is 2.11. The fraction of sp³-hybridized carbons (Fsp3) is 0.938. The van der Waals surface area contributed by atoms with Crippen LogP contribution in [0.25, 0.3) is 0 Å². The minimum atomic E-state index is -1.78. The number of fused-ring (bicyclic) bond motifs is 1. The second-order valence-corrected chi connectivity index (χ2v) is 13.7. The predicted octanol–water partition coefficient (Wildman–Crippen LogP) is 3.92. The fourth-order valence-electron chi connectivity index (χ4n) is 3.59. The van der Waals surface area contributed by atoms with E-state index in [1.54, 1.807) is 0 Å². The molecule has 2 aliphatic rings. The minimum Gasteiger partial charge on any atom is -0.414 e.